The lowest BCUT2D eigenvalue weighted by Crippen LogP contribution is -2.41. The van der Waals surface area contributed by atoms with E-state index in [0.717, 1.165) is 23.9 Å². The Labute approximate surface area is 115 Å². The molecule has 1 N–H and O–H groups in total. The second-order valence-corrected chi connectivity index (χ2v) is 6.56. The van der Waals surface area contributed by atoms with E-state index in [1.807, 2.05) is 0 Å². The summed E-state index contributed by atoms with van der Waals surface area (Å²) in [6, 6.07) is 1.45. The van der Waals surface area contributed by atoms with Gasteiger partial charge in [0.15, 0.2) is 0 Å². The Balaban J connectivity index is 2.37. The van der Waals surface area contributed by atoms with Gasteiger partial charge in [0.05, 0.1) is 0 Å². The van der Waals surface area contributed by atoms with Crippen LogP contribution in [0.15, 0.2) is 0 Å². The fourth-order valence-corrected chi connectivity index (χ4v) is 3.32. The Hall–Kier alpha value is -0.0400. The van der Waals surface area contributed by atoms with Crippen molar-refractivity contribution in [1.82, 2.24) is 5.32 Å². The first-order valence-electron chi connectivity index (χ1n) is 8.43. The fourth-order valence-electron chi connectivity index (χ4n) is 3.32. The number of nitrogens with one attached hydrogen (secondary N) is 1. The van der Waals surface area contributed by atoms with Crippen molar-refractivity contribution in [2.24, 2.45) is 11.8 Å². The molecule has 108 valence electrons. The van der Waals surface area contributed by atoms with Gasteiger partial charge < -0.3 is 5.32 Å². The lowest BCUT2D eigenvalue weighted by Gasteiger charge is -2.29. The summed E-state index contributed by atoms with van der Waals surface area (Å²) < 4.78 is 0. The topological polar surface area (TPSA) is 12.0 Å². The summed E-state index contributed by atoms with van der Waals surface area (Å²) in [5.41, 5.74) is 0. The molecule has 0 aliphatic heterocycles. The van der Waals surface area contributed by atoms with E-state index >= 15 is 0 Å². The average Bonchev–Trinajstić information content (AvgIpc) is 2.66. The summed E-state index contributed by atoms with van der Waals surface area (Å²) >= 11 is 0. The van der Waals surface area contributed by atoms with Crippen LogP contribution in [0.4, 0.5) is 0 Å². The van der Waals surface area contributed by atoms with Crippen LogP contribution in [0, 0.1) is 11.8 Å². The van der Waals surface area contributed by atoms with Crippen LogP contribution in [0.25, 0.3) is 0 Å². The van der Waals surface area contributed by atoms with Gasteiger partial charge in [0.1, 0.15) is 0 Å². The molecule has 0 bridgehead atoms. The van der Waals surface area contributed by atoms with E-state index in [-0.39, 0.29) is 0 Å². The van der Waals surface area contributed by atoms with Gasteiger partial charge in [0.2, 0.25) is 0 Å². The summed E-state index contributed by atoms with van der Waals surface area (Å²) in [7, 11) is 0. The minimum atomic E-state index is 0.720. The molecule has 3 atom stereocenters. The third-order valence-corrected chi connectivity index (χ3v) is 4.98. The third kappa shape index (κ3) is 5.73. The molecular formula is C17H35N. The van der Waals surface area contributed by atoms with Crippen molar-refractivity contribution in [1.29, 1.82) is 0 Å². The smallest absolute Gasteiger partial charge is 0.00695 e. The van der Waals surface area contributed by atoms with Gasteiger partial charge in [-0.15, -0.1) is 0 Å². The van der Waals surface area contributed by atoms with Crippen LogP contribution in [0.3, 0.4) is 0 Å². The van der Waals surface area contributed by atoms with Gasteiger partial charge in [-0.3, -0.25) is 0 Å². The molecule has 0 saturated heterocycles. The summed E-state index contributed by atoms with van der Waals surface area (Å²) in [5.74, 6) is 1.79. The third-order valence-electron chi connectivity index (χ3n) is 4.98. The predicted octanol–water partition coefficient (Wildman–Crippen LogP) is 5.15. The molecule has 0 aromatic carbocycles. The molecule has 1 nitrogen and oxygen atoms in total. The van der Waals surface area contributed by atoms with E-state index < -0.39 is 0 Å². The van der Waals surface area contributed by atoms with E-state index in [2.05, 4.69) is 33.0 Å². The van der Waals surface area contributed by atoms with Gasteiger partial charge in [-0.05, 0) is 44.4 Å². The summed E-state index contributed by atoms with van der Waals surface area (Å²) in [4.78, 5) is 0. The van der Waals surface area contributed by atoms with Crippen molar-refractivity contribution in [2.45, 2.75) is 97.6 Å². The largest absolute Gasteiger partial charge is 0.311 e. The zero-order valence-electron chi connectivity index (χ0n) is 13.2. The van der Waals surface area contributed by atoms with Crippen molar-refractivity contribution in [3.05, 3.63) is 0 Å². The summed E-state index contributed by atoms with van der Waals surface area (Å²) in [6.45, 7) is 9.46. The number of hydrogen-bond acceptors (Lipinski definition) is 1. The maximum absolute atomic E-state index is 3.93. The predicted molar refractivity (Wildman–Crippen MR) is 81.9 cm³/mol. The molecule has 1 rings (SSSR count). The van der Waals surface area contributed by atoms with Gasteiger partial charge in [0.25, 0.3) is 0 Å². The molecule has 1 fully saturated rings. The lowest BCUT2D eigenvalue weighted by molar-refractivity contribution is 0.281. The van der Waals surface area contributed by atoms with E-state index in [9.17, 15) is 0 Å². The number of hydrogen-bond donors (Lipinski definition) is 1. The molecule has 0 aromatic heterocycles. The van der Waals surface area contributed by atoms with Crippen LogP contribution in [-0.4, -0.2) is 12.1 Å². The SMILES string of the molecule is CCC(C)CC(CC)N[C@@H](C)C1CCCCCC1. The molecule has 2 unspecified atom stereocenters. The monoisotopic (exact) mass is 253 g/mol. The minimum absolute atomic E-state index is 0.720. The highest BCUT2D eigenvalue weighted by atomic mass is 14.9. The van der Waals surface area contributed by atoms with Crippen molar-refractivity contribution in [3.8, 4) is 0 Å². The lowest BCUT2D eigenvalue weighted by atomic mass is 9.90. The quantitative estimate of drug-likeness (QED) is 0.619. The Kier molecular flexibility index (Phi) is 7.97. The Bertz CT molecular complexity index is 194. The van der Waals surface area contributed by atoms with E-state index in [1.54, 1.807) is 0 Å². The number of rotatable bonds is 7. The van der Waals surface area contributed by atoms with Crippen LogP contribution in [0.2, 0.25) is 0 Å². The van der Waals surface area contributed by atoms with Gasteiger partial charge in [0, 0.05) is 12.1 Å². The molecule has 0 heterocycles. The van der Waals surface area contributed by atoms with E-state index in [0.29, 0.717) is 0 Å². The molecule has 1 saturated carbocycles. The van der Waals surface area contributed by atoms with Gasteiger partial charge in [-0.1, -0.05) is 52.9 Å². The summed E-state index contributed by atoms with van der Waals surface area (Å²) in [5, 5.41) is 3.93. The van der Waals surface area contributed by atoms with Crippen molar-refractivity contribution in [2.75, 3.05) is 0 Å². The van der Waals surface area contributed by atoms with Crippen LogP contribution < -0.4 is 5.32 Å². The van der Waals surface area contributed by atoms with Gasteiger partial charge in [-0.25, -0.2) is 0 Å². The van der Waals surface area contributed by atoms with Crippen LogP contribution >= 0.6 is 0 Å². The normalized spacial score (nSPS) is 23.3. The van der Waals surface area contributed by atoms with Crippen LogP contribution in [0.5, 0.6) is 0 Å². The van der Waals surface area contributed by atoms with Crippen molar-refractivity contribution >= 4 is 0 Å². The molecule has 0 radical (unpaired) electrons. The second kappa shape index (κ2) is 8.96. The van der Waals surface area contributed by atoms with Crippen molar-refractivity contribution < 1.29 is 0 Å². The standard InChI is InChI=1S/C17H35N/c1-5-14(3)13-17(6-2)18-15(4)16-11-9-7-8-10-12-16/h14-18H,5-13H2,1-4H3/t14?,15-,17?/m0/s1. The maximum Gasteiger partial charge on any atom is 0.00695 e. The molecule has 1 aliphatic rings. The average molecular weight is 253 g/mol. The molecule has 0 aromatic rings. The zero-order chi connectivity index (χ0) is 13.4. The van der Waals surface area contributed by atoms with Crippen molar-refractivity contribution in [3.63, 3.8) is 0 Å². The molecule has 18 heavy (non-hydrogen) atoms. The molecule has 0 spiro atoms. The van der Waals surface area contributed by atoms with Crippen LogP contribution in [0.1, 0.15) is 85.5 Å². The van der Waals surface area contributed by atoms with Gasteiger partial charge >= 0.3 is 0 Å². The first kappa shape index (κ1) is 16.0. The summed E-state index contributed by atoms with van der Waals surface area (Å²) in [6.07, 6.45) is 12.7. The van der Waals surface area contributed by atoms with Crippen LogP contribution in [-0.2, 0) is 0 Å². The van der Waals surface area contributed by atoms with Gasteiger partial charge in [-0.2, -0.15) is 0 Å². The fraction of sp³-hybridized carbons (Fsp3) is 1.00. The highest BCUT2D eigenvalue weighted by Crippen LogP contribution is 2.26. The molecular weight excluding hydrogens is 218 g/mol. The Morgan fingerprint density at radius 3 is 2.06 bits per heavy atom. The highest BCUT2D eigenvalue weighted by Gasteiger charge is 2.21. The van der Waals surface area contributed by atoms with E-state index in [4.69, 9.17) is 0 Å². The Morgan fingerprint density at radius 2 is 1.56 bits per heavy atom. The first-order valence-corrected chi connectivity index (χ1v) is 8.43. The van der Waals surface area contributed by atoms with E-state index in [1.165, 1.54) is 57.8 Å². The molecule has 1 aliphatic carbocycles. The zero-order valence-corrected chi connectivity index (χ0v) is 13.2. The first-order chi connectivity index (χ1) is 8.67. The Morgan fingerprint density at radius 1 is 0.944 bits per heavy atom. The minimum Gasteiger partial charge on any atom is -0.311 e. The molecule has 1 heteroatoms. The molecule has 0 amide bonds. The second-order valence-electron chi connectivity index (χ2n) is 6.56. The maximum atomic E-state index is 3.93. The highest BCUT2D eigenvalue weighted by molar-refractivity contribution is 4.79.